The Labute approximate surface area is 106 Å². The minimum atomic E-state index is -1.11. The second kappa shape index (κ2) is 6.45. The van der Waals surface area contributed by atoms with Crippen LogP contribution in [-0.2, 0) is 0 Å². The first-order valence-corrected chi connectivity index (χ1v) is 6.10. The highest BCUT2D eigenvalue weighted by Crippen LogP contribution is 2.17. The van der Waals surface area contributed by atoms with Gasteiger partial charge in [-0.15, -0.1) is 0 Å². The van der Waals surface area contributed by atoms with E-state index in [9.17, 15) is 4.79 Å². The van der Waals surface area contributed by atoms with Crippen LogP contribution in [0.15, 0.2) is 12.1 Å². The molecule has 1 aromatic rings. The minimum absolute atomic E-state index is 0.110. The summed E-state index contributed by atoms with van der Waals surface area (Å²) < 4.78 is 0. The quantitative estimate of drug-likeness (QED) is 0.820. The number of carbonyl (C=O) groups is 1. The Bertz CT molecular complexity index is 392. The average molecular weight is 257 g/mol. The molecule has 4 nitrogen and oxygen atoms in total. The molecule has 0 aliphatic heterocycles. The molecule has 0 aromatic carbocycles. The zero-order valence-electron chi connectivity index (χ0n) is 10.0. The lowest BCUT2D eigenvalue weighted by molar-refractivity contribution is 0.0691. The molecule has 17 heavy (non-hydrogen) atoms. The number of carboxylic acids is 1. The molecule has 0 amide bonds. The van der Waals surface area contributed by atoms with Crippen molar-refractivity contribution in [2.75, 3.05) is 11.9 Å². The van der Waals surface area contributed by atoms with Gasteiger partial charge in [-0.1, -0.05) is 38.3 Å². The second-order valence-corrected chi connectivity index (χ2v) is 4.30. The number of nitrogens with zero attached hydrogens (tertiary/aromatic N) is 1. The molecule has 0 aliphatic carbocycles. The first-order valence-electron chi connectivity index (χ1n) is 5.72. The maximum Gasteiger partial charge on any atom is 0.356 e. The molecule has 0 saturated heterocycles. The zero-order chi connectivity index (χ0) is 12.8. The van der Waals surface area contributed by atoms with E-state index in [1.165, 1.54) is 0 Å². The molecule has 0 fully saturated rings. The number of aromatic carboxylic acids is 1. The molecule has 0 bridgehead atoms. The van der Waals surface area contributed by atoms with Gasteiger partial charge in [-0.2, -0.15) is 0 Å². The molecule has 0 unspecified atom stereocenters. The van der Waals surface area contributed by atoms with E-state index >= 15 is 0 Å². The van der Waals surface area contributed by atoms with Crippen molar-refractivity contribution in [3.8, 4) is 0 Å². The van der Waals surface area contributed by atoms with Crippen LogP contribution in [0.1, 0.15) is 37.2 Å². The van der Waals surface area contributed by atoms with Crippen LogP contribution in [0.2, 0.25) is 5.02 Å². The third-order valence-corrected chi connectivity index (χ3v) is 3.08. The molecule has 1 rings (SSSR count). The van der Waals surface area contributed by atoms with E-state index in [0.717, 1.165) is 19.4 Å². The lowest BCUT2D eigenvalue weighted by atomic mass is 10.0. The number of rotatable bonds is 6. The molecule has 94 valence electrons. The summed E-state index contributed by atoms with van der Waals surface area (Å²) in [6.07, 6.45) is 2.17. The first-order chi connectivity index (χ1) is 8.08. The van der Waals surface area contributed by atoms with E-state index in [1.807, 2.05) is 0 Å². The van der Waals surface area contributed by atoms with Gasteiger partial charge in [0.05, 0.1) is 5.02 Å². The normalized spacial score (nSPS) is 10.6. The fourth-order valence-electron chi connectivity index (χ4n) is 1.52. The molecular formula is C12H17ClN2O2. The van der Waals surface area contributed by atoms with E-state index in [2.05, 4.69) is 24.1 Å². The van der Waals surface area contributed by atoms with E-state index < -0.39 is 5.97 Å². The van der Waals surface area contributed by atoms with Crippen molar-refractivity contribution in [2.24, 2.45) is 5.92 Å². The fourth-order valence-corrected chi connectivity index (χ4v) is 1.70. The maximum absolute atomic E-state index is 10.8. The van der Waals surface area contributed by atoms with Crippen LogP contribution in [0.25, 0.3) is 0 Å². The summed E-state index contributed by atoms with van der Waals surface area (Å²) in [5, 5.41) is 12.2. The van der Waals surface area contributed by atoms with Crippen molar-refractivity contribution in [3.63, 3.8) is 0 Å². The Morgan fingerprint density at radius 3 is 2.65 bits per heavy atom. The number of hydrogen-bond donors (Lipinski definition) is 2. The molecule has 0 atom stereocenters. The van der Waals surface area contributed by atoms with Crippen molar-refractivity contribution in [1.29, 1.82) is 0 Å². The van der Waals surface area contributed by atoms with Gasteiger partial charge in [0, 0.05) is 6.54 Å². The van der Waals surface area contributed by atoms with Crippen LogP contribution in [0.5, 0.6) is 0 Å². The zero-order valence-corrected chi connectivity index (χ0v) is 10.8. The highest BCUT2D eigenvalue weighted by atomic mass is 35.5. The SMILES string of the molecule is CCC(CC)CNc1ccc(Cl)c(C(=O)O)n1. The van der Waals surface area contributed by atoms with Gasteiger partial charge in [0.25, 0.3) is 0 Å². The van der Waals surface area contributed by atoms with E-state index in [0.29, 0.717) is 11.7 Å². The van der Waals surface area contributed by atoms with Gasteiger partial charge in [0.15, 0.2) is 5.69 Å². The molecule has 0 saturated carbocycles. The van der Waals surface area contributed by atoms with Crippen LogP contribution < -0.4 is 5.32 Å². The lowest BCUT2D eigenvalue weighted by Crippen LogP contribution is -2.14. The molecule has 0 aliphatic rings. The minimum Gasteiger partial charge on any atom is -0.476 e. The molecule has 1 aromatic heterocycles. The van der Waals surface area contributed by atoms with Crippen molar-refractivity contribution in [3.05, 3.63) is 22.8 Å². The Kier molecular flexibility index (Phi) is 5.22. The van der Waals surface area contributed by atoms with Gasteiger partial charge in [-0.25, -0.2) is 9.78 Å². The number of carboxylic acid groups (broad SMARTS) is 1. The lowest BCUT2D eigenvalue weighted by Gasteiger charge is -2.14. The molecule has 1 heterocycles. The first kappa shape index (κ1) is 13.8. The largest absolute Gasteiger partial charge is 0.476 e. The summed E-state index contributed by atoms with van der Waals surface area (Å²) in [6.45, 7) is 5.06. The number of hydrogen-bond acceptors (Lipinski definition) is 3. The van der Waals surface area contributed by atoms with Crippen molar-refractivity contribution >= 4 is 23.4 Å². The van der Waals surface area contributed by atoms with Gasteiger partial charge < -0.3 is 10.4 Å². The van der Waals surface area contributed by atoms with Gasteiger partial charge >= 0.3 is 5.97 Å². The Morgan fingerprint density at radius 1 is 1.47 bits per heavy atom. The third-order valence-electron chi connectivity index (χ3n) is 2.78. The Morgan fingerprint density at radius 2 is 2.12 bits per heavy atom. The molecule has 0 radical (unpaired) electrons. The number of aromatic nitrogens is 1. The number of nitrogens with one attached hydrogen (secondary N) is 1. The summed E-state index contributed by atoms with van der Waals surface area (Å²) in [6, 6.07) is 3.24. The van der Waals surface area contributed by atoms with Crippen LogP contribution >= 0.6 is 11.6 Å². The summed E-state index contributed by atoms with van der Waals surface area (Å²) in [7, 11) is 0. The summed E-state index contributed by atoms with van der Waals surface area (Å²) in [4.78, 5) is 14.8. The molecule has 2 N–H and O–H groups in total. The number of halogens is 1. The molecule has 5 heteroatoms. The van der Waals surface area contributed by atoms with Gasteiger partial charge in [0.1, 0.15) is 5.82 Å². The number of pyridine rings is 1. The third kappa shape index (κ3) is 3.89. The van der Waals surface area contributed by atoms with Crippen molar-refractivity contribution < 1.29 is 9.90 Å². The van der Waals surface area contributed by atoms with Crippen LogP contribution in [0.3, 0.4) is 0 Å². The highest BCUT2D eigenvalue weighted by molar-refractivity contribution is 6.33. The van der Waals surface area contributed by atoms with Gasteiger partial charge in [0.2, 0.25) is 0 Å². The molecule has 0 spiro atoms. The monoisotopic (exact) mass is 256 g/mol. The smallest absolute Gasteiger partial charge is 0.356 e. The van der Waals surface area contributed by atoms with E-state index in [-0.39, 0.29) is 10.7 Å². The van der Waals surface area contributed by atoms with Crippen LogP contribution in [0, 0.1) is 5.92 Å². The standard InChI is InChI=1S/C12H17ClN2O2/c1-3-8(4-2)7-14-10-6-5-9(13)11(15-10)12(16)17/h5-6,8H,3-4,7H2,1-2H3,(H,14,15)(H,16,17). The molecular weight excluding hydrogens is 240 g/mol. The Hall–Kier alpha value is -1.29. The van der Waals surface area contributed by atoms with Crippen LogP contribution in [0.4, 0.5) is 5.82 Å². The van der Waals surface area contributed by atoms with E-state index in [4.69, 9.17) is 16.7 Å². The summed E-state index contributed by atoms with van der Waals surface area (Å²) in [5.41, 5.74) is -0.110. The average Bonchev–Trinajstić information content (AvgIpc) is 2.32. The highest BCUT2D eigenvalue weighted by Gasteiger charge is 2.11. The van der Waals surface area contributed by atoms with Gasteiger partial charge in [-0.3, -0.25) is 0 Å². The van der Waals surface area contributed by atoms with Crippen molar-refractivity contribution in [2.45, 2.75) is 26.7 Å². The van der Waals surface area contributed by atoms with Gasteiger partial charge in [-0.05, 0) is 18.1 Å². The fraction of sp³-hybridized carbons (Fsp3) is 0.500. The Balaban J connectivity index is 2.72. The van der Waals surface area contributed by atoms with Crippen LogP contribution in [-0.4, -0.2) is 22.6 Å². The maximum atomic E-state index is 10.8. The second-order valence-electron chi connectivity index (χ2n) is 3.90. The van der Waals surface area contributed by atoms with Crippen molar-refractivity contribution in [1.82, 2.24) is 4.98 Å². The summed E-state index contributed by atoms with van der Waals surface area (Å²) in [5.74, 6) is 0.0145. The predicted molar refractivity (Wildman–Crippen MR) is 68.8 cm³/mol. The van der Waals surface area contributed by atoms with E-state index in [1.54, 1.807) is 12.1 Å². The predicted octanol–water partition coefficient (Wildman–Crippen LogP) is 3.28. The number of anilines is 1. The topological polar surface area (TPSA) is 62.2 Å². The summed E-state index contributed by atoms with van der Waals surface area (Å²) >= 11 is 5.74.